The van der Waals surface area contributed by atoms with E-state index >= 15 is 0 Å². The van der Waals surface area contributed by atoms with E-state index in [9.17, 15) is 13.2 Å². The second kappa shape index (κ2) is 9.22. The van der Waals surface area contributed by atoms with Gasteiger partial charge in [0.2, 0.25) is 15.9 Å². The van der Waals surface area contributed by atoms with Gasteiger partial charge in [0.25, 0.3) is 0 Å². The Morgan fingerprint density at radius 2 is 1.91 bits per heavy atom. The minimum absolute atomic E-state index is 0. The topological polar surface area (TPSA) is 78.5 Å². The van der Waals surface area contributed by atoms with E-state index in [1.807, 2.05) is 0 Å². The van der Waals surface area contributed by atoms with Crippen molar-refractivity contribution in [2.24, 2.45) is 0 Å². The molecule has 1 aromatic rings. The Morgan fingerprint density at radius 1 is 1.22 bits per heavy atom. The van der Waals surface area contributed by atoms with Crippen LogP contribution in [0.3, 0.4) is 0 Å². The van der Waals surface area contributed by atoms with Crippen molar-refractivity contribution in [3.8, 4) is 0 Å². The second-order valence-electron chi connectivity index (χ2n) is 5.33. The minimum Gasteiger partial charge on any atom is -0.353 e. The maximum absolute atomic E-state index is 12.8. The monoisotopic (exact) mass is 361 g/mol. The van der Waals surface area contributed by atoms with E-state index in [0.717, 1.165) is 12.8 Å². The van der Waals surface area contributed by atoms with Gasteiger partial charge < -0.3 is 10.6 Å². The first-order valence-electron chi connectivity index (χ1n) is 7.56. The van der Waals surface area contributed by atoms with Crippen LogP contribution in [0.1, 0.15) is 19.3 Å². The number of benzene rings is 1. The van der Waals surface area contributed by atoms with Gasteiger partial charge in [0.15, 0.2) is 0 Å². The summed E-state index contributed by atoms with van der Waals surface area (Å²) >= 11 is 0. The fraction of sp³-hybridized carbons (Fsp3) is 0.533. The van der Waals surface area contributed by atoms with Crippen molar-refractivity contribution < 1.29 is 13.2 Å². The number of likely N-dealkylation sites (N-methyl/N-ethyl adjacent to an activating group) is 1. The van der Waals surface area contributed by atoms with E-state index in [1.54, 1.807) is 37.4 Å². The molecule has 1 fully saturated rings. The number of amides is 1. The third-order valence-electron chi connectivity index (χ3n) is 3.78. The number of halogens is 1. The Morgan fingerprint density at radius 3 is 2.57 bits per heavy atom. The van der Waals surface area contributed by atoms with Gasteiger partial charge in [-0.2, -0.15) is 4.31 Å². The van der Waals surface area contributed by atoms with Crippen molar-refractivity contribution in [1.29, 1.82) is 0 Å². The Balaban J connectivity index is 0.00000264. The zero-order valence-corrected chi connectivity index (χ0v) is 14.8. The van der Waals surface area contributed by atoms with Gasteiger partial charge in [-0.15, -0.1) is 12.4 Å². The maximum atomic E-state index is 12.8. The lowest BCUT2D eigenvalue weighted by molar-refractivity contribution is -0.125. The summed E-state index contributed by atoms with van der Waals surface area (Å²) < 4.78 is 26.9. The smallest absolute Gasteiger partial charge is 0.243 e. The van der Waals surface area contributed by atoms with Gasteiger partial charge >= 0.3 is 0 Å². The van der Waals surface area contributed by atoms with Crippen LogP contribution >= 0.6 is 12.4 Å². The largest absolute Gasteiger partial charge is 0.353 e. The van der Waals surface area contributed by atoms with Crippen LogP contribution in [-0.4, -0.2) is 51.4 Å². The molecule has 1 atom stereocenters. The first-order valence-corrected chi connectivity index (χ1v) is 9.00. The van der Waals surface area contributed by atoms with E-state index in [2.05, 4.69) is 10.6 Å². The summed E-state index contributed by atoms with van der Waals surface area (Å²) in [6.45, 7) is 1.54. The zero-order valence-electron chi connectivity index (χ0n) is 13.2. The number of hydrogen-bond donors (Lipinski definition) is 2. The first kappa shape index (κ1) is 19.9. The van der Waals surface area contributed by atoms with Crippen molar-refractivity contribution >= 4 is 28.3 Å². The molecular formula is C15H24ClN3O3S. The molecule has 0 saturated carbocycles. The fourth-order valence-corrected chi connectivity index (χ4v) is 4.29. The van der Waals surface area contributed by atoms with Crippen molar-refractivity contribution in [3.05, 3.63) is 30.3 Å². The Labute approximate surface area is 144 Å². The molecule has 130 valence electrons. The van der Waals surface area contributed by atoms with E-state index in [-0.39, 0.29) is 23.2 Å². The summed E-state index contributed by atoms with van der Waals surface area (Å²) in [7, 11) is -1.83. The lowest BCUT2D eigenvalue weighted by Gasteiger charge is -2.33. The van der Waals surface area contributed by atoms with Gasteiger partial charge in [-0.05, 0) is 32.0 Å². The number of nitrogens with zero attached hydrogens (tertiary/aromatic N) is 1. The van der Waals surface area contributed by atoms with Crippen LogP contribution < -0.4 is 10.6 Å². The molecule has 0 aliphatic carbocycles. The van der Waals surface area contributed by atoms with E-state index in [1.165, 1.54) is 4.31 Å². The first-order chi connectivity index (χ1) is 10.6. The van der Waals surface area contributed by atoms with Gasteiger partial charge in [-0.3, -0.25) is 4.79 Å². The Bertz CT molecular complexity index is 595. The van der Waals surface area contributed by atoms with E-state index in [4.69, 9.17) is 0 Å². The highest BCUT2D eigenvalue weighted by Crippen LogP contribution is 2.25. The highest BCUT2D eigenvalue weighted by atomic mass is 35.5. The lowest BCUT2D eigenvalue weighted by Crippen LogP contribution is -2.52. The summed E-state index contributed by atoms with van der Waals surface area (Å²) in [6, 6.07) is 7.69. The lowest BCUT2D eigenvalue weighted by atomic mass is 10.0. The zero-order chi connectivity index (χ0) is 16.0. The highest BCUT2D eigenvalue weighted by Gasteiger charge is 2.37. The molecule has 8 heteroatoms. The molecule has 0 spiro atoms. The van der Waals surface area contributed by atoms with Crippen LogP contribution in [0, 0.1) is 0 Å². The summed E-state index contributed by atoms with van der Waals surface area (Å²) in [5.74, 6) is -0.213. The highest BCUT2D eigenvalue weighted by molar-refractivity contribution is 7.89. The molecule has 1 unspecified atom stereocenters. The van der Waals surface area contributed by atoms with E-state index in [0.29, 0.717) is 26.1 Å². The van der Waals surface area contributed by atoms with Crippen LogP contribution in [0.25, 0.3) is 0 Å². The van der Waals surface area contributed by atoms with Gasteiger partial charge in [0, 0.05) is 19.6 Å². The Hall–Kier alpha value is -1.15. The number of piperidine rings is 1. The molecule has 1 aliphatic rings. The molecule has 0 bridgehead atoms. The molecular weight excluding hydrogens is 338 g/mol. The van der Waals surface area contributed by atoms with Gasteiger partial charge in [-0.25, -0.2) is 8.42 Å². The summed E-state index contributed by atoms with van der Waals surface area (Å²) in [5.41, 5.74) is 0. The normalized spacial score (nSPS) is 18.9. The van der Waals surface area contributed by atoms with Crippen LogP contribution in [0.5, 0.6) is 0 Å². The number of hydrogen-bond acceptors (Lipinski definition) is 4. The second-order valence-corrected chi connectivity index (χ2v) is 7.23. The average Bonchev–Trinajstić information content (AvgIpc) is 2.56. The SMILES string of the molecule is CNCCNC(=O)C1CCCCN1S(=O)(=O)c1ccccc1.Cl. The third-order valence-corrected chi connectivity index (χ3v) is 5.70. The third kappa shape index (κ3) is 4.91. The van der Waals surface area contributed by atoms with Crippen molar-refractivity contribution in [2.45, 2.75) is 30.2 Å². The molecule has 2 N–H and O–H groups in total. The predicted molar refractivity (Wildman–Crippen MR) is 92.2 cm³/mol. The van der Waals surface area contributed by atoms with Crippen LogP contribution in [0.4, 0.5) is 0 Å². The quantitative estimate of drug-likeness (QED) is 0.740. The summed E-state index contributed by atoms with van der Waals surface area (Å²) in [6.07, 6.45) is 2.22. The molecule has 1 saturated heterocycles. The summed E-state index contributed by atoms with van der Waals surface area (Å²) in [5, 5.41) is 5.75. The average molecular weight is 362 g/mol. The fourth-order valence-electron chi connectivity index (χ4n) is 2.61. The molecule has 6 nitrogen and oxygen atoms in total. The van der Waals surface area contributed by atoms with Crippen molar-refractivity contribution in [1.82, 2.24) is 14.9 Å². The molecule has 0 aromatic heterocycles. The van der Waals surface area contributed by atoms with Crippen molar-refractivity contribution in [2.75, 3.05) is 26.7 Å². The minimum atomic E-state index is -3.63. The van der Waals surface area contributed by atoms with E-state index < -0.39 is 16.1 Å². The predicted octanol–water partition coefficient (Wildman–Crippen LogP) is 0.987. The number of carbonyl (C=O) groups is 1. The van der Waals surface area contributed by atoms with Crippen LogP contribution in [-0.2, 0) is 14.8 Å². The number of sulfonamides is 1. The van der Waals surface area contributed by atoms with Crippen molar-refractivity contribution in [3.63, 3.8) is 0 Å². The molecule has 0 radical (unpaired) electrons. The standard InChI is InChI=1S/C15H23N3O3S.ClH/c1-16-10-11-17-15(19)14-9-5-6-12-18(14)22(20,21)13-7-3-2-4-8-13;/h2-4,7-8,14,16H,5-6,9-12H2,1H3,(H,17,19);1H. The molecule has 2 rings (SSSR count). The number of rotatable bonds is 6. The van der Waals surface area contributed by atoms with Crippen LogP contribution in [0.15, 0.2) is 35.2 Å². The molecule has 1 amide bonds. The number of carbonyl (C=O) groups excluding carboxylic acids is 1. The molecule has 1 heterocycles. The Kier molecular flexibility index (Phi) is 7.98. The van der Waals surface area contributed by atoms with Gasteiger partial charge in [0.05, 0.1) is 4.90 Å². The molecule has 1 aliphatic heterocycles. The number of nitrogens with one attached hydrogen (secondary N) is 2. The molecule has 1 aromatic carbocycles. The molecule has 23 heavy (non-hydrogen) atoms. The van der Waals surface area contributed by atoms with Gasteiger partial charge in [-0.1, -0.05) is 24.6 Å². The summed E-state index contributed by atoms with van der Waals surface area (Å²) in [4.78, 5) is 12.6. The maximum Gasteiger partial charge on any atom is 0.243 e. The van der Waals surface area contributed by atoms with Gasteiger partial charge in [0.1, 0.15) is 6.04 Å². The van der Waals surface area contributed by atoms with Crippen LogP contribution in [0.2, 0.25) is 0 Å².